The van der Waals surface area contributed by atoms with E-state index in [1.807, 2.05) is 0 Å². The maximum absolute atomic E-state index is 12.6. The lowest BCUT2D eigenvalue weighted by atomic mass is 9.93. The monoisotopic (exact) mass is 744 g/mol. The molecule has 12 N–H and O–H groups in total. The highest BCUT2D eigenvalue weighted by Gasteiger charge is 2.59. The van der Waals surface area contributed by atoms with Gasteiger partial charge in [-0.1, -0.05) is 0 Å². The molecule has 0 aromatic carbocycles. The Bertz CT molecular complexity index is 1230. The molecule has 0 unspecified atom stereocenters. The van der Waals surface area contributed by atoms with Gasteiger partial charge in [0.25, 0.3) is 0 Å². The highest BCUT2D eigenvalue weighted by molar-refractivity contribution is 5.74. The van der Waals surface area contributed by atoms with Crippen molar-refractivity contribution < 1.29 is 103 Å². The summed E-state index contributed by atoms with van der Waals surface area (Å²) in [4.78, 5) is 37.1. The Labute approximate surface area is 288 Å². The number of carboxylic acids is 1. The number of rotatable bonds is 8. The SMILES string of the molecule is CC(=O)N[C@H]1[C@H](O[C@H]2[C@@H]3O[C@H]4[C@H](O)[C@@H](CO)O[C@H](O[C@H]5[C@H](O)[C@@H](O)[C@H](O[C@@H]([C@@H]2O)[C@@H](C(=O)O)O3)O[C@@H]5CO)[C@@H]4NC(C)=O)O[C@H](CO)[C@@H](O)[C@@H]1O. The summed E-state index contributed by atoms with van der Waals surface area (Å²) in [5, 5.41) is 112. The fraction of sp³-hybridized carbons (Fsp3) is 0.893. The van der Waals surface area contributed by atoms with E-state index in [2.05, 4.69) is 10.6 Å². The van der Waals surface area contributed by atoms with Gasteiger partial charge in [-0.3, -0.25) is 9.59 Å². The van der Waals surface area contributed by atoms with Crippen LogP contribution in [0.15, 0.2) is 0 Å². The maximum atomic E-state index is 12.6. The normalized spacial score (nSPS) is 48.8. The second-order valence-electron chi connectivity index (χ2n) is 12.7. The van der Waals surface area contributed by atoms with Crippen LogP contribution in [0, 0.1) is 0 Å². The molecule has 51 heavy (non-hydrogen) atoms. The number of aliphatic hydroxyl groups is 9. The number of aliphatic carboxylic acids is 1. The molecule has 0 radical (unpaired) electrons. The van der Waals surface area contributed by atoms with Crippen LogP contribution in [0.1, 0.15) is 13.8 Å². The van der Waals surface area contributed by atoms with Gasteiger partial charge in [0, 0.05) is 13.8 Å². The van der Waals surface area contributed by atoms with Crippen molar-refractivity contribution in [2.75, 3.05) is 19.8 Å². The van der Waals surface area contributed by atoms with Crippen molar-refractivity contribution in [3.8, 4) is 0 Å². The molecule has 2 amide bonds. The molecular formula is C28H44N2O21. The molecule has 7 fully saturated rings. The summed E-state index contributed by atoms with van der Waals surface area (Å²) in [6.45, 7) is -0.547. The molecule has 0 aromatic heterocycles. The van der Waals surface area contributed by atoms with Crippen LogP contribution >= 0.6 is 0 Å². The van der Waals surface area contributed by atoms with E-state index in [4.69, 9.17) is 37.9 Å². The van der Waals surface area contributed by atoms with Gasteiger partial charge in [-0.2, -0.15) is 0 Å². The van der Waals surface area contributed by atoms with Crippen LogP contribution in [0.5, 0.6) is 0 Å². The van der Waals surface area contributed by atoms with Crippen molar-refractivity contribution in [1.29, 1.82) is 0 Å². The topological polar surface area (TPSA) is 351 Å². The lowest BCUT2D eigenvalue weighted by molar-refractivity contribution is -0.404. The first-order valence-corrected chi connectivity index (χ1v) is 16.0. The quantitative estimate of drug-likeness (QED) is 0.110. The molecule has 292 valence electrons. The average molecular weight is 745 g/mol. The highest BCUT2D eigenvalue weighted by Crippen LogP contribution is 2.38. The summed E-state index contributed by atoms with van der Waals surface area (Å²) >= 11 is 0. The fourth-order valence-corrected chi connectivity index (χ4v) is 6.70. The molecule has 0 aliphatic carbocycles. The van der Waals surface area contributed by atoms with E-state index in [0.717, 1.165) is 13.8 Å². The average Bonchev–Trinajstić information content (AvgIpc) is 3.07. The van der Waals surface area contributed by atoms with E-state index in [9.17, 15) is 65.4 Å². The standard InChI is InChI=1S/C28H44N2O21/c1-6(34)29-11-15(38)13(36)8(3-31)44-25(11)50-22-18(41)21-23(24(42)43)51-28(22)48-20-12(30-7(2)35)26(45-9(4-32)14(20)37)47-19-10(5-33)46-27(49-21)17(40)16(19)39/h8-23,25-28,31-33,36-41H,3-5H2,1-2H3,(H,29,34)(H,30,35)(H,42,43)/t8-,9-,10-,11-,12-,13-,14-,15-,16-,17-,18+,19-,20-,21+,22-,23+,25+,26-,27+,28-/m1/s1. The largest absolute Gasteiger partial charge is 0.479 e. The molecule has 7 heterocycles. The summed E-state index contributed by atoms with van der Waals surface area (Å²) in [7, 11) is 0. The Morgan fingerprint density at radius 1 is 0.549 bits per heavy atom. The van der Waals surface area contributed by atoms with Crippen molar-refractivity contribution in [2.45, 2.75) is 137 Å². The van der Waals surface area contributed by atoms with Crippen molar-refractivity contribution in [3.05, 3.63) is 0 Å². The van der Waals surface area contributed by atoms with Crippen LogP contribution in [0.25, 0.3) is 0 Å². The maximum Gasteiger partial charge on any atom is 0.335 e. The number of carbonyl (C=O) groups is 3. The third kappa shape index (κ3) is 8.00. The van der Waals surface area contributed by atoms with Crippen LogP contribution in [0.2, 0.25) is 0 Å². The minimum Gasteiger partial charge on any atom is -0.479 e. The molecule has 7 rings (SSSR count). The molecule has 23 nitrogen and oxygen atoms in total. The van der Waals surface area contributed by atoms with Crippen molar-refractivity contribution >= 4 is 17.8 Å². The summed E-state index contributed by atoms with van der Waals surface area (Å²) in [5.41, 5.74) is 0. The van der Waals surface area contributed by atoms with Crippen LogP contribution in [0.3, 0.4) is 0 Å². The van der Waals surface area contributed by atoms with E-state index < -0.39 is 160 Å². The van der Waals surface area contributed by atoms with Crippen LogP contribution in [-0.4, -0.2) is 211 Å². The van der Waals surface area contributed by atoms with Gasteiger partial charge in [-0.05, 0) is 0 Å². The third-order valence-corrected chi connectivity index (χ3v) is 9.22. The highest BCUT2D eigenvalue weighted by atomic mass is 16.8. The summed E-state index contributed by atoms with van der Waals surface area (Å²) < 4.78 is 46.3. The number of fused-ring (bicyclic) bond motifs is 2. The van der Waals surface area contributed by atoms with E-state index in [-0.39, 0.29) is 0 Å². The number of nitrogens with one attached hydrogen (secondary N) is 2. The Hall–Kier alpha value is -2.27. The van der Waals surface area contributed by atoms with Gasteiger partial charge < -0.3 is 99.6 Å². The number of ether oxygens (including phenoxy) is 8. The second-order valence-corrected chi connectivity index (χ2v) is 12.7. The Morgan fingerprint density at radius 2 is 1.10 bits per heavy atom. The second kappa shape index (κ2) is 16.4. The fourth-order valence-electron chi connectivity index (χ4n) is 6.70. The Balaban J connectivity index is 1.64. The summed E-state index contributed by atoms with van der Waals surface area (Å²) in [5.74, 6) is -3.28. The molecule has 0 saturated carbocycles. The molecular weight excluding hydrogens is 700 g/mol. The number of hydrogen-bond acceptors (Lipinski definition) is 20. The molecule has 6 bridgehead atoms. The number of aliphatic hydroxyl groups excluding tert-OH is 9. The van der Waals surface area contributed by atoms with Gasteiger partial charge in [0.1, 0.15) is 91.4 Å². The molecule has 23 heteroatoms. The number of carbonyl (C=O) groups excluding carboxylic acids is 2. The number of amides is 2. The Morgan fingerprint density at radius 3 is 1.69 bits per heavy atom. The van der Waals surface area contributed by atoms with Gasteiger partial charge in [0.15, 0.2) is 31.3 Å². The van der Waals surface area contributed by atoms with Gasteiger partial charge in [-0.15, -0.1) is 0 Å². The lowest BCUT2D eigenvalue weighted by Gasteiger charge is -2.52. The first-order valence-electron chi connectivity index (χ1n) is 16.0. The predicted octanol–water partition coefficient (Wildman–Crippen LogP) is -8.32. The molecule has 7 aliphatic rings. The minimum atomic E-state index is -2.21. The third-order valence-electron chi connectivity index (χ3n) is 9.22. The minimum absolute atomic E-state index is 0.746. The zero-order valence-electron chi connectivity index (χ0n) is 27.1. The predicted molar refractivity (Wildman–Crippen MR) is 154 cm³/mol. The summed E-state index contributed by atoms with van der Waals surface area (Å²) in [6.07, 6.45) is -33.7. The lowest BCUT2D eigenvalue weighted by Crippen LogP contribution is -2.72. The van der Waals surface area contributed by atoms with Crippen molar-refractivity contribution in [2.24, 2.45) is 0 Å². The van der Waals surface area contributed by atoms with Gasteiger partial charge in [0.2, 0.25) is 11.8 Å². The van der Waals surface area contributed by atoms with E-state index >= 15 is 0 Å². The van der Waals surface area contributed by atoms with Crippen LogP contribution in [0.4, 0.5) is 0 Å². The molecule has 0 spiro atoms. The zero-order valence-corrected chi connectivity index (χ0v) is 27.1. The van der Waals surface area contributed by atoms with E-state index in [1.165, 1.54) is 0 Å². The molecule has 0 aromatic rings. The molecule has 20 atom stereocenters. The van der Waals surface area contributed by atoms with Gasteiger partial charge >= 0.3 is 5.97 Å². The van der Waals surface area contributed by atoms with Gasteiger partial charge in [-0.25, -0.2) is 4.79 Å². The molecule has 7 saturated heterocycles. The number of hydrogen-bond donors (Lipinski definition) is 12. The van der Waals surface area contributed by atoms with E-state index in [0.29, 0.717) is 0 Å². The summed E-state index contributed by atoms with van der Waals surface area (Å²) in [6, 6.07) is -3.20. The first-order chi connectivity index (χ1) is 24.1. The van der Waals surface area contributed by atoms with Crippen molar-refractivity contribution in [3.63, 3.8) is 0 Å². The van der Waals surface area contributed by atoms with Crippen LogP contribution in [-0.2, 0) is 52.3 Å². The zero-order chi connectivity index (χ0) is 37.5. The Kier molecular flexibility index (Phi) is 12.8. The van der Waals surface area contributed by atoms with Gasteiger partial charge in [0.05, 0.1) is 19.8 Å². The van der Waals surface area contributed by atoms with E-state index in [1.54, 1.807) is 0 Å². The molecule has 7 aliphatic heterocycles. The van der Waals surface area contributed by atoms with Crippen LogP contribution < -0.4 is 10.6 Å². The van der Waals surface area contributed by atoms with Crippen molar-refractivity contribution in [1.82, 2.24) is 10.6 Å². The number of carboxylic acid groups (broad SMARTS) is 1. The smallest absolute Gasteiger partial charge is 0.335 e. The first kappa shape index (κ1) is 39.9.